The molecule has 1 fully saturated rings. The Morgan fingerprint density at radius 1 is 1.00 bits per heavy atom. The normalized spacial score (nSPS) is 29.9. The first-order chi connectivity index (χ1) is 9.84. The Hall–Kier alpha value is -0.860. The summed E-state index contributed by atoms with van der Waals surface area (Å²) in [7, 11) is 0. The highest BCUT2D eigenvalue weighted by Gasteiger charge is 2.24. The van der Waals surface area contributed by atoms with Crippen LogP contribution in [0.25, 0.3) is 0 Å². The molecule has 1 aromatic carbocycles. The van der Waals surface area contributed by atoms with Gasteiger partial charge in [0.1, 0.15) is 0 Å². The van der Waals surface area contributed by atoms with Crippen LogP contribution in [-0.2, 0) is 6.42 Å². The predicted molar refractivity (Wildman–Crippen MR) is 83.0 cm³/mol. The van der Waals surface area contributed by atoms with Crippen molar-refractivity contribution in [3.05, 3.63) is 35.4 Å². The van der Waals surface area contributed by atoms with Crippen molar-refractivity contribution in [3.63, 3.8) is 0 Å². The van der Waals surface area contributed by atoms with Gasteiger partial charge in [-0.1, -0.05) is 37.1 Å². The van der Waals surface area contributed by atoms with Crippen LogP contribution in [0.5, 0.6) is 0 Å². The van der Waals surface area contributed by atoms with Crippen LogP contribution >= 0.6 is 0 Å². The number of nitrogens with one attached hydrogen (secondary N) is 1. The second-order valence-corrected chi connectivity index (χ2v) is 6.56. The van der Waals surface area contributed by atoms with E-state index in [1.54, 1.807) is 11.1 Å². The molecule has 0 spiro atoms. The number of hydrogen-bond donors (Lipinski definition) is 2. The molecule has 0 bridgehead atoms. The van der Waals surface area contributed by atoms with E-state index in [0.29, 0.717) is 11.8 Å². The van der Waals surface area contributed by atoms with Crippen molar-refractivity contribution in [1.82, 2.24) is 5.32 Å². The van der Waals surface area contributed by atoms with Crippen molar-refractivity contribution in [3.8, 4) is 0 Å². The van der Waals surface area contributed by atoms with Crippen molar-refractivity contribution in [2.45, 2.75) is 57.0 Å². The summed E-state index contributed by atoms with van der Waals surface area (Å²) in [6.45, 7) is 2.06. The van der Waals surface area contributed by atoms with Crippen molar-refractivity contribution in [2.75, 3.05) is 13.1 Å². The maximum absolute atomic E-state index is 10.0. The average molecular weight is 273 g/mol. The molecule has 1 aromatic rings. The van der Waals surface area contributed by atoms with Gasteiger partial charge < -0.3 is 10.4 Å². The number of aryl methyl sites for hydroxylation is 1. The quantitative estimate of drug-likeness (QED) is 0.882. The van der Waals surface area contributed by atoms with Crippen LogP contribution in [0.1, 0.15) is 55.6 Å². The van der Waals surface area contributed by atoms with Crippen LogP contribution in [0.2, 0.25) is 0 Å². The lowest BCUT2D eigenvalue weighted by molar-refractivity contribution is 0.0695. The van der Waals surface area contributed by atoms with Gasteiger partial charge in [0.05, 0.1) is 6.10 Å². The minimum Gasteiger partial charge on any atom is -0.393 e. The van der Waals surface area contributed by atoms with Crippen LogP contribution < -0.4 is 5.32 Å². The van der Waals surface area contributed by atoms with E-state index in [2.05, 4.69) is 29.6 Å². The molecule has 2 N–H and O–H groups in total. The lowest BCUT2D eigenvalue weighted by atomic mass is 9.82. The molecular weight excluding hydrogens is 246 g/mol. The molecule has 20 heavy (non-hydrogen) atoms. The second-order valence-electron chi connectivity index (χ2n) is 6.56. The molecule has 0 aromatic heterocycles. The summed E-state index contributed by atoms with van der Waals surface area (Å²) in [5.74, 6) is 1.14. The number of aliphatic hydroxyl groups excluding tert-OH is 1. The van der Waals surface area contributed by atoms with E-state index < -0.39 is 0 Å². The fourth-order valence-electron chi connectivity index (χ4n) is 3.94. The SMILES string of the molecule is OC1CCCCC1CNCC1CCCc2ccccc21. The van der Waals surface area contributed by atoms with Gasteiger partial charge in [0.25, 0.3) is 0 Å². The fourth-order valence-corrected chi connectivity index (χ4v) is 3.94. The maximum Gasteiger partial charge on any atom is 0.0580 e. The highest BCUT2D eigenvalue weighted by atomic mass is 16.3. The molecule has 0 amide bonds. The third-order valence-corrected chi connectivity index (χ3v) is 5.16. The molecule has 2 heteroatoms. The van der Waals surface area contributed by atoms with Crippen LogP contribution in [0.4, 0.5) is 0 Å². The highest BCUT2D eigenvalue weighted by molar-refractivity contribution is 5.32. The molecule has 3 unspecified atom stereocenters. The largest absolute Gasteiger partial charge is 0.393 e. The summed E-state index contributed by atoms with van der Waals surface area (Å²) in [5.41, 5.74) is 3.10. The number of fused-ring (bicyclic) bond motifs is 1. The Bertz CT molecular complexity index is 431. The Morgan fingerprint density at radius 3 is 2.75 bits per heavy atom. The van der Waals surface area contributed by atoms with Crippen molar-refractivity contribution < 1.29 is 5.11 Å². The third-order valence-electron chi connectivity index (χ3n) is 5.16. The van der Waals surface area contributed by atoms with Crippen LogP contribution in [0, 0.1) is 5.92 Å². The summed E-state index contributed by atoms with van der Waals surface area (Å²) >= 11 is 0. The summed E-state index contributed by atoms with van der Waals surface area (Å²) in [5, 5.41) is 13.7. The van der Waals surface area contributed by atoms with Gasteiger partial charge in [0, 0.05) is 13.1 Å². The standard InChI is InChI=1S/C18H27NO/c20-18-11-4-2-7-16(18)13-19-12-15-9-5-8-14-6-1-3-10-17(14)15/h1,3,6,10,15-16,18-20H,2,4-5,7-9,11-13H2. The van der Waals surface area contributed by atoms with Crippen molar-refractivity contribution in [1.29, 1.82) is 0 Å². The van der Waals surface area contributed by atoms with Crippen LogP contribution in [0.15, 0.2) is 24.3 Å². The molecular formula is C18H27NO. The predicted octanol–water partition coefficient (Wildman–Crippen LogP) is 3.25. The monoisotopic (exact) mass is 273 g/mol. The Labute approximate surface area is 122 Å². The molecule has 3 atom stereocenters. The van der Waals surface area contributed by atoms with Crippen LogP contribution in [0.3, 0.4) is 0 Å². The first kappa shape index (κ1) is 14.1. The number of hydrogen-bond acceptors (Lipinski definition) is 2. The zero-order chi connectivity index (χ0) is 13.8. The van der Waals surface area contributed by atoms with Crippen molar-refractivity contribution >= 4 is 0 Å². The molecule has 0 saturated heterocycles. The first-order valence-corrected chi connectivity index (χ1v) is 8.31. The second kappa shape index (κ2) is 6.73. The third kappa shape index (κ3) is 3.24. The Kier molecular flexibility index (Phi) is 4.74. The Morgan fingerprint density at radius 2 is 1.85 bits per heavy atom. The van der Waals surface area contributed by atoms with E-state index in [0.717, 1.165) is 19.5 Å². The fraction of sp³-hybridized carbons (Fsp3) is 0.667. The molecule has 2 aliphatic carbocycles. The molecule has 2 nitrogen and oxygen atoms in total. The van der Waals surface area contributed by atoms with E-state index in [9.17, 15) is 5.11 Å². The van der Waals surface area contributed by atoms with E-state index in [-0.39, 0.29) is 6.10 Å². The van der Waals surface area contributed by atoms with Gasteiger partial charge in [0.2, 0.25) is 0 Å². The van der Waals surface area contributed by atoms with Gasteiger partial charge in [-0.25, -0.2) is 0 Å². The minimum atomic E-state index is -0.0742. The van der Waals surface area contributed by atoms with Gasteiger partial charge in [-0.2, -0.15) is 0 Å². The molecule has 3 rings (SSSR count). The smallest absolute Gasteiger partial charge is 0.0580 e. The number of rotatable bonds is 4. The highest BCUT2D eigenvalue weighted by Crippen LogP contribution is 2.31. The zero-order valence-electron chi connectivity index (χ0n) is 12.4. The minimum absolute atomic E-state index is 0.0742. The van der Waals surface area contributed by atoms with Gasteiger partial charge in [-0.05, 0) is 55.1 Å². The van der Waals surface area contributed by atoms with E-state index in [1.165, 1.54) is 38.5 Å². The maximum atomic E-state index is 10.0. The lowest BCUT2D eigenvalue weighted by Gasteiger charge is -2.30. The van der Waals surface area contributed by atoms with Gasteiger partial charge in [0.15, 0.2) is 0 Å². The van der Waals surface area contributed by atoms with Gasteiger partial charge in [-0.15, -0.1) is 0 Å². The van der Waals surface area contributed by atoms with E-state index in [4.69, 9.17) is 0 Å². The molecule has 2 aliphatic rings. The summed E-state index contributed by atoms with van der Waals surface area (Å²) in [6.07, 6.45) is 8.47. The first-order valence-electron chi connectivity index (χ1n) is 8.31. The number of aliphatic hydroxyl groups is 1. The van der Waals surface area contributed by atoms with E-state index in [1.807, 2.05) is 0 Å². The summed E-state index contributed by atoms with van der Waals surface area (Å²) < 4.78 is 0. The van der Waals surface area contributed by atoms with Gasteiger partial charge >= 0.3 is 0 Å². The number of benzene rings is 1. The van der Waals surface area contributed by atoms with Crippen LogP contribution in [-0.4, -0.2) is 24.3 Å². The summed E-state index contributed by atoms with van der Waals surface area (Å²) in [4.78, 5) is 0. The van der Waals surface area contributed by atoms with Gasteiger partial charge in [-0.3, -0.25) is 0 Å². The molecule has 110 valence electrons. The molecule has 0 radical (unpaired) electrons. The lowest BCUT2D eigenvalue weighted by Crippen LogP contribution is -2.36. The average Bonchev–Trinajstić information content (AvgIpc) is 2.49. The van der Waals surface area contributed by atoms with E-state index >= 15 is 0 Å². The van der Waals surface area contributed by atoms with Crippen molar-refractivity contribution in [2.24, 2.45) is 5.92 Å². The molecule has 0 aliphatic heterocycles. The summed E-state index contributed by atoms with van der Waals surface area (Å²) in [6, 6.07) is 8.91. The topological polar surface area (TPSA) is 32.3 Å². The molecule has 0 heterocycles. The molecule has 1 saturated carbocycles. The Balaban J connectivity index is 1.52. The zero-order valence-corrected chi connectivity index (χ0v) is 12.4.